The Morgan fingerprint density at radius 2 is 2.08 bits per heavy atom. The normalized spacial score (nSPS) is 12.7. The summed E-state index contributed by atoms with van der Waals surface area (Å²) in [5.74, 6) is 0.974. The van der Waals surface area contributed by atoms with Crippen LogP contribution in [0.15, 0.2) is 12.3 Å². The molecule has 1 aromatic rings. The van der Waals surface area contributed by atoms with E-state index in [0.717, 1.165) is 11.4 Å². The summed E-state index contributed by atoms with van der Waals surface area (Å²) in [6.07, 6.45) is 1.86. The molecule has 1 atom stereocenters. The van der Waals surface area contributed by atoms with Crippen LogP contribution in [-0.2, 0) is 0 Å². The molecule has 1 heterocycles. The van der Waals surface area contributed by atoms with Gasteiger partial charge in [0.25, 0.3) is 0 Å². The summed E-state index contributed by atoms with van der Waals surface area (Å²) in [4.78, 5) is 6.29. The quantitative estimate of drug-likeness (QED) is 0.747. The Kier molecular flexibility index (Phi) is 2.88. The molecule has 1 unspecified atom stereocenters. The molecule has 0 fully saturated rings. The first-order chi connectivity index (χ1) is 6.02. The van der Waals surface area contributed by atoms with Gasteiger partial charge >= 0.3 is 0 Å². The van der Waals surface area contributed by atoms with Crippen LogP contribution in [0.4, 0.5) is 5.82 Å². The number of aromatic nitrogens is 1. The second-order valence-electron chi connectivity index (χ2n) is 3.58. The molecule has 0 bridgehead atoms. The predicted octanol–water partition coefficient (Wildman–Crippen LogP) is 1.48. The van der Waals surface area contributed by atoms with E-state index in [1.54, 1.807) is 0 Å². The van der Waals surface area contributed by atoms with Crippen LogP contribution in [0.5, 0.6) is 0 Å². The fourth-order valence-electron chi connectivity index (χ4n) is 1.27. The summed E-state index contributed by atoms with van der Waals surface area (Å²) in [5, 5.41) is 0. The van der Waals surface area contributed by atoms with Gasteiger partial charge in [0.15, 0.2) is 0 Å². The Morgan fingerprint density at radius 1 is 1.46 bits per heavy atom. The molecular formula is C10H17N3. The van der Waals surface area contributed by atoms with Crippen molar-refractivity contribution in [2.45, 2.75) is 19.9 Å². The largest absolute Gasteiger partial charge is 0.363 e. The molecule has 0 aromatic carbocycles. The highest BCUT2D eigenvalue weighted by molar-refractivity contribution is 5.42. The van der Waals surface area contributed by atoms with Crippen LogP contribution >= 0.6 is 0 Å². The van der Waals surface area contributed by atoms with Gasteiger partial charge in [-0.1, -0.05) is 0 Å². The Morgan fingerprint density at radius 3 is 2.46 bits per heavy atom. The topological polar surface area (TPSA) is 42.2 Å². The van der Waals surface area contributed by atoms with Crippen LogP contribution in [-0.4, -0.2) is 19.1 Å². The second-order valence-corrected chi connectivity index (χ2v) is 3.58. The molecule has 0 radical (unpaired) electrons. The van der Waals surface area contributed by atoms with Crippen LogP contribution in [0.2, 0.25) is 0 Å². The number of hydrogen-bond acceptors (Lipinski definition) is 3. The van der Waals surface area contributed by atoms with E-state index in [1.807, 2.05) is 32.1 Å². The highest BCUT2D eigenvalue weighted by atomic mass is 15.1. The van der Waals surface area contributed by atoms with E-state index in [4.69, 9.17) is 5.73 Å². The first-order valence-corrected chi connectivity index (χ1v) is 4.42. The van der Waals surface area contributed by atoms with Gasteiger partial charge in [0.05, 0.1) is 0 Å². The van der Waals surface area contributed by atoms with E-state index in [-0.39, 0.29) is 6.04 Å². The van der Waals surface area contributed by atoms with Crippen LogP contribution in [0.25, 0.3) is 0 Å². The molecular weight excluding hydrogens is 162 g/mol. The molecule has 72 valence electrons. The first-order valence-electron chi connectivity index (χ1n) is 4.42. The monoisotopic (exact) mass is 179 g/mol. The molecule has 0 aliphatic rings. The lowest BCUT2D eigenvalue weighted by molar-refractivity contribution is 0.801. The Hall–Kier alpha value is -1.09. The van der Waals surface area contributed by atoms with Gasteiger partial charge in [0.1, 0.15) is 5.82 Å². The van der Waals surface area contributed by atoms with Crippen molar-refractivity contribution in [2.75, 3.05) is 19.0 Å². The summed E-state index contributed by atoms with van der Waals surface area (Å²) >= 11 is 0. The van der Waals surface area contributed by atoms with E-state index in [1.165, 1.54) is 5.56 Å². The maximum atomic E-state index is 5.79. The molecule has 0 aliphatic carbocycles. The third-order valence-corrected chi connectivity index (χ3v) is 2.09. The van der Waals surface area contributed by atoms with Gasteiger partial charge in [-0.15, -0.1) is 0 Å². The van der Waals surface area contributed by atoms with Crippen LogP contribution in [0, 0.1) is 6.92 Å². The van der Waals surface area contributed by atoms with E-state index >= 15 is 0 Å². The van der Waals surface area contributed by atoms with Crippen LogP contribution < -0.4 is 10.6 Å². The van der Waals surface area contributed by atoms with Crippen molar-refractivity contribution in [3.63, 3.8) is 0 Å². The van der Waals surface area contributed by atoms with Crippen molar-refractivity contribution in [3.05, 3.63) is 23.4 Å². The fraction of sp³-hybridized carbons (Fsp3) is 0.500. The minimum absolute atomic E-state index is 0.0590. The zero-order valence-electron chi connectivity index (χ0n) is 8.70. The zero-order chi connectivity index (χ0) is 10.0. The maximum absolute atomic E-state index is 5.79. The van der Waals surface area contributed by atoms with Crippen molar-refractivity contribution in [1.29, 1.82) is 0 Å². The van der Waals surface area contributed by atoms with Crippen molar-refractivity contribution in [2.24, 2.45) is 5.73 Å². The molecule has 0 saturated heterocycles. The molecule has 0 aliphatic heterocycles. The van der Waals surface area contributed by atoms with Crippen LogP contribution in [0.3, 0.4) is 0 Å². The summed E-state index contributed by atoms with van der Waals surface area (Å²) in [6, 6.07) is 2.11. The van der Waals surface area contributed by atoms with Crippen molar-refractivity contribution < 1.29 is 0 Å². The summed E-state index contributed by atoms with van der Waals surface area (Å²) in [5.41, 5.74) is 8.11. The molecule has 13 heavy (non-hydrogen) atoms. The molecule has 3 nitrogen and oxygen atoms in total. The zero-order valence-corrected chi connectivity index (χ0v) is 8.70. The lowest BCUT2D eigenvalue weighted by atomic mass is 10.1. The molecule has 0 spiro atoms. The van der Waals surface area contributed by atoms with E-state index < -0.39 is 0 Å². The third kappa shape index (κ3) is 2.18. The smallest absolute Gasteiger partial charge is 0.128 e. The average Bonchev–Trinajstić information content (AvgIpc) is 2.03. The van der Waals surface area contributed by atoms with E-state index in [0.29, 0.717) is 0 Å². The minimum Gasteiger partial charge on any atom is -0.363 e. The molecule has 0 saturated carbocycles. The molecule has 3 heteroatoms. The molecule has 1 aromatic heterocycles. The van der Waals surface area contributed by atoms with Gasteiger partial charge in [0, 0.05) is 26.3 Å². The highest BCUT2D eigenvalue weighted by Crippen LogP contribution is 2.17. The second kappa shape index (κ2) is 3.75. The van der Waals surface area contributed by atoms with Crippen LogP contribution in [0.1, 0.15) is 24.1 Å². The summed E-state index contributed by atoms with van der Waals surface area (Å²) in [6.45, 7) is 4.03. The highest BCUT2D eigenvalue weighted by Gasteiger charge is 2.05. The van der Waals surface area contributed by atoms with E-state index in [2.05, 4.69) is 18.0 Å². The predicted molar refractivity (Wildman–Crippen MR) is 55.9 cm³/mol. The number of nitrogens with zero attached hydrogens (tertiary/aromatic N) is 2. The number of rotatable bonds is 2. The maximum Gasteiger partial charge on any atom is 0.128 e. The van der Waals surface area contributed by atoms with Crippen molar-refractivity contribution in [1.82, 2.24) is 4.98 Å². The van der Waals surface area contributed by atoms with Gasteiger partial charge in [-0.25, -0.2) is 4.98 Å². The van der Waals surface area contributed by atoms with Crippen molar-refractivity contribution in [3.8, 4) is 0 Å². The third-order valence-electron chi connectivity index (χ3n) is 2.09. The number of aryl methyl sites for hydroxylation is 1. The van der Waals surface area contributed by atoms with Gasteiger partial charge < -0.3 is 10.6 Å². The minimum atomic E-state index is 0.0590. The number of anilines is 1. The number of pyridine rings is 1. The Balaban J connectivity index is 3.06. The number of nitrogens with two attached hydrogens (primary N) is 1. The SMILES string of the molecule is Cc1cc(N(C)C)ncc1C(C)N. The lowest BCUT2D eigenvalue weighted by Gasteiger charge is -2.15. The van der Waals surface area contributed by atoms with Gasteiger partial charge in [-0.05, 0) is 31.0 Å². The summed E-state index contributed by atoms with van der Waals surface area (Å²) < 4.78 is 0. The lowest BCUT2D eigenvalue weighted by Crippen LogP contribution is -2.13. The standard InChI is InChI=1S/C10H17N3/c1-7-5-10(13(3)4)12-6-9(7)8(2)11/h5-6,8H,11H2,1-4H3. The Bertz CT molecular complexity index is 292. The fourth-order valence-corrected chi connectivity index (χ4v) is 1.27. The number of hydrogen-bond donors (Lipinski definition) is 1. The Labute approximate surface area is 79.6 Å². The van der Waals surface area contributed by atoms with Gasteiger partial charge in [-0.2, -0.15) is 0 Å². The van der Waals surface area contributed by atoms with Gasteiger partial charge in [-0.3, -0.25) is 0 Å². The van der Waals surface area contributed by atoms with E-state index in [9.17, 15) is 0 Å². The van der Waals surface area contributed by atoms with Crippen molar-refractivity contribution >= 4 is 5.82 Å². The molecule has 1 rings (SSSR count). The average molecular weight is 179 g/mol. The first kappa shape index (κ1) is 9.99. The summed E-state index contributed by atoms with van der Waals surface area (Å²) in [7, 11) is 3.96. The van der Waals surface area contributed by atoms with Gasteiger partial charge in [0.2, 0.25) is 0 Å². The molecule has 2 N–H and O–H groups in total. The molecule has 0 amide bonds.